The molecule has 0 saturated carbocycles. The van der Waals surface area contributed by atoms with Crippen LogP contribution in [-0.2, 0) is 23.0 Å². The lowest BCUT2D eigenvalue weighted by Gasteiger charge is -2.14. The Hall–Kier alpha value is -1.31. The predicted molar refractivity (Wildman–Crippen MR) is 116 cm³/mol. The molecule has 0 fully saturated rings. The molecule has 154 valence electrons. The Labute approximate surface area is 177 Å². The van der Waals surface area contributed by atoms with Gasteiger partial charge in [-0.15, -0.1) is 0 Å². The normalized spacial score (nSPS) is 12.7. The summed E-state index contributed by atoms with van der Waals surface area (Å²) in [6.45, 7) is 3.52. The number of hydrogen-bond acceptors (Lipinski definition) is 4. The summed E-state index contributed by atoms with van der Waals surface area (Å²) in [6.07, 6.45) is 2.74. The van der Waals surface area contributed by atoms with Crippen molar-refractivity contribution in [3.63, 3.8) is 0 Å². The Balaban J connectivity index is 1.71. The van der Waals surface area contributed by atoms with Gasteiger partial charge in [-0.2, -0.15) is 0 Å². The Morgan fingerprint density at radius 3 is 2.32 bits per heavy atom. The second-order valence-corrected chi connectivity index (χ2v) is 9.35. The van der Waals surface area contributed by atoms with Crippen LogP contribution in [0.3, 0.4) is 0 Å². The van der Waals surface area contributed by atoms with Crippen molar-refractivity contribution < 1.29 is 13.2 Å². The lowest BCUT2D eigenvalue weighted by atomic mass is 10.1. The van der Waals surface area contributed by atoms with Gasteiger partial charge in [0.1, 0.15) is 5.75 Å². The fourth-order valence-corrected chi connectivity index (χ4v) is 3.69. The van der Waals surface area contributed by atoms with Gasteiger partial charge in [-0.05, 0) is 55.2 Å². The first-order valence-electron chi connectivity index (χ1n) is 9.07. The first-order valence-corrected chi connectivity index (χ1v) is 11.7. The molecule has 0 aliphatic carbocycles. The third kappa shape index (κ3) is 8.37. The summed E-state index contributed by atoms with van der Waals surface area (Å²) >= 11 is 12.3. The highest BCUT2D eigenvalue weighted by atomic mass is 35.5. The Morgan fingerprint density at radius 2 is 1.71 bits per heavy atom. The maximum Gasteiger partial charge on any atom is 0.208 e. The Bertz CT molecular complexity index is 838. The van der Waals surface area contributed by atoms with Crippen LogP contribution in [0.5, 0.6) is 5.75 Å². The fraction of sp³-hybridized carbons (Fsp3) is 0.400. The van der Waals surface area contributed by atoms with Crippen molar-refractivity contribution in [1.82, 2.24) is 10.0 Å². The van der Waals surface area contributed by atoms with Gasteiger partial charge in [-0.1, -0.05) is 41.4 Å². The molecule has 8 heteroatoms. The van der Waals surface area contributed by atoms with Gasteiger partial charge >= 0.3 is 0 Å². The van der Waals surface area contributed by atoms with E-state index in [2.05, 4.69) is 10.0 Å². The molecule has 0 aromatic heterocycles. The van der Waals surface area contributed by atoms with Crippen LogP contribution in [0.15, 0.2) is 42.5 Å². The molecule has 0 bridgehead atoms. The van der Waals surface area contributed by atoms with Crippen LogP contribution in [0.25, 0.3) is 0 Å². The van der Waals surface area contributed by atoms with E-state index in [1.54, 1.807) is 0 Å². The summed E-state index contributed by atoms with van der Waals surface area (Å²) in [5, 5.41) is 4.65. The molecule has 0 amide bonds. The van der Waals surface area contributed by atoms with Crippen molar-refractivity contribution in [2.45, 2.75) is 32.4 Å². The van der Waals surface area contributed by atoms with Crippen LogP contribution in [0.1, 0.15) is 24.5 Å². The van der Waals surface area contributed by atoms with E-state index in [1.807, 2.05) is 49.4 Å². The van der Waals surface area contributed by atoms with Gasteiger partial charge in [0.2, 0.25) is 10.0 Å². The van der Waals surface area contributed by atoms with Gasteiger partial charge in [-0.3, -0.25) is 0 Å². The smallest absolute Gasteiger partial charge is 0.208 e. The summed E-state index contributed by atoms with van der Waals surface area (Å²) in [4.78, 5) is 0. The zero-order chi connectivity index (χ0) is 20.6. The molecule has 2 N–H and O–H groups in total. The van der Waals surface area contributed by atoms with Crippen molar-refractivity contribution in [2.24, 2.45) is 0 Å². The molecule has 0 aliphatic rings. The molecule has 2 aromatic rings. The van der Waals surface area contributed by atoms with Crippen LogP contribution < -0.4 is 14.8 Å². The lowest BCUT2D eigenvalue weighted by molar-refractivity contribution is 0.311. The predicted octanol–water partition coefficient (Wildman–Crippen LogP) is 4.03. The molecule has 5 nitrogen and oxygen atoms in total. The SMILES string of the molecule is CC(CNS(C)(=O)=O)NCc1ccc(OCCCc2c(Cl)cccc2Cl)cc1. The lowest BCUT2D eigenvalue weighted by Crippen LogP contribution is -2.38. The average molecular weight is 445 g/mol. The molecule has 0 spiro atoms. The van der Waals surface area contributed by atoms with Crippen molar-refractivity contribution >= 4 is 33.2 Å². The number of sulfonamides is 1. The van der Waals surface area contributed by atoms with Crippen LogP contribution >= 0.6 is 23.2 Å². The Morgan fingerprint density at radius 1 is 1.07 bits per heavy atom. The van der Waals surface area contributed by atoms with E-state index in [-0.39, 0.29) is 6.04 Å². The van der Waals surface area contributed by atoms with E-state index in [0.717, 1.165) is 36.0 Å². The monoisotopic (exact) mass is 444 g/mol. The van der Waals surface area contributed by atoms with Crippen molar-refractivity contribution in [3.8, 4) is 5.75 Å². The van der Waals surface area contributed by atoms with Gasteiger partial charge in [0.25, 0.3) is 0 Å². The number of benzene rings is 2. The van der Waals surface area contributed by atoms with E-state index in [9.17, 15) is 8.42 Å². The van der Waals surface area contributed by atoms with E-state index < -0.39 is 10.0 Å². The van der Waals surface area contributed by atoms with Crippen molar-refractivity contribution in [2.75, 3.05) is 19.4 Å². The second-order valence-electron chi connectivity index (χ2n) is 6.70. The summed E-state index contributed by atoms with van der Waals surface area (Å²) in [7, 11) is -3.16. The van der Waals surface area contributed by atoms with E-state index in [4.69, 9.17) is 27.9 Å². The first kappa shape index (κ1) is 23.0. The molecule has 0 aliphatic heterocycles. The van der Waals surface area contributed by atoms with Crippen LogP contribution in [0.4, 0.5) is 0 Å². The Kier molecular flexibility index (Phi) is 9.05. The van der Waals surface area contributed by atoms with Crippen LogP contribution in [0.2, 0.25) is 10.0 Å². The van der Waals surface area contributed by atoms with Gasteiger partial charge in [0, 0.05) is 29.2 Å². The second kappa shape index (κ2) is 11.0. The number of nitrogens with one attached hydrogen (secondary N) is 2. The molecule has 0 radical (unpaired) electrons. The number of rotatable bonds is 11. The molecule has 2 rings (SSSR count). The average Bonchev–Trinajstić information content (AvgIpc) is 2.64. The van der Waals surface area contributed by atoms with E-state index in [1.165, 1.54) is 0 Å². The van der Waals surface area contributed by atoms with Gasteiger partial charge in [0.15, 0.2) is 0 Å². The van der Waals surface area contributed by atoms with Crippen molar-refractivity contribution in [3.05, 3.63) is 63.6 Å². The molecule has 1 unspecified atom stereocenters. The first-order chi connectivity index (χ1) is 13.2. The van der Waals surface area contributed by atoms with Crippen LogP contribution in [0, 0.1) is 0 Å². The quantitative estimate of drug-likeness (QED) is 0.513. The molecule has 0 heterocycles. The van der Waals surface area contributed by atoms with Gasteiger partial charge < -0.3 is 10.1 Å². The van der Waals surface area contributed by atoms with E-state index >= 15 is 0 Å². The minimum absolute atomic E-state index is 0.0299. The minimum atomic E-state index is -3.16. The maximum atomic E-state index is 11.1. The molecule has 2 aromatic carbocycles. The maximum absolute atomic E-state index is 11.1. The standard InChI is InChI=1S/C20H26Cl2N2O3S/c1-15(13-24-28(2,25)26)23-14-16-8-10-17(11-9-16)27-12-4-5-18-19(21)6-3-7-20(18)22/h3,6-11,15,23-24H,4-5,12-14H2,1-2H3. The molecule has 28 heavy (non-hydrogen) atoms. The van der Waals surface area contributed by atoms with Crippen LogP contribution in [-0.4, -0.2) is 33.9 Å². The third-order valence-electron chi connectivity index (χ3n) is 4.13. The topological polar surface area (TPSA) is 67.4 Å². The highest BCUT2D eigenvalue weighted by Gasteiger charge is 2.07. The molecule has 1 atom stereocenters. The highest BCUT2D eigenvalue weighted by molar-refractivity contribution is 7.88. The molecular weight excluding hydrogens is 419 g/mol. The number of hydrogen-bond donors (Lipinski definition) is 2. The summed E-state index contributed by atoms with van der Waals surface area (Å²) in [6, 6.07) is 13.4. The number of ether oxygens (including phenoxy) is 1. The van der Waals surface area contributed by atoms with E-state index in [0.29, 0.717) is 29.7 Å². The number of halogens is 2. The fourth-order valence-electron chi connectivity index (χ4n) is 2.55. The zero-order valence-corrected chi connectivity index (χ0v) is 18.4. The summed E-state index contributed by atoms with van der Waals surface area (Å²) in [5.74, 6) is 0.806. The van der Waals surface area contributed by atoms with Gasteiger partial charge in [0.05, 0.1) is 12.9 Å². The summed E-state index contributed by atoms with van der Waals surface area (Å²) in [5.41, 5.74) is 2.05. The largest absolute Gasteiger partial charge is 0.494 e. The zero-order valence-electron chi connectivity index (χ0n) is 16.0. The van der Waals surface area contributed by atoms with Crippen molar-refractivity contribution in [1.29, 1.82) is 0 Å². The third-order valence-corrected chi connectivity index (χ3v) is 5.53. The molecular formula is C20H26Cl2N2O3S. The summed E-state index contributed by atoms with van der Waals surface area (Å²) < 4.78 is 30.5. The van der Waals surface area contributed by atoms with Gasteiger partial charge in [-0.25, -0.2) is 13.1 Å². The minimum Gasteiger partial charge on any atom is -0.494 e. The highest BCUT2D eigenvalue weighted by Crippen LogP contribution is 2.25. The molecule has 0 saturated heterocycles.